The molecular formula is C4H12NO3P. The summed E-state index contributed by atoms with van der Waals surface area (Å²) in [5.74, 6) is -0.720. The molecule has 0 aliphatic heterocycles. The minimum absolute atomic E-state index is 0.576. The van der Waals surface area contributed by atoms with E-state index in [0.29, 0.717) is 6.54 Å². The molecule has 56 valence electrons. The number of hydrogen-bond donors (Lipinski definition) is 3. The van der Waals surface area contributed by atoms with Gasteiger partial charge in [-0.2, -0.15) is 0 Å². The third kappa shape index (κ3) is 3.65. The Hall–Kier alpha value is 0.110. The minimum Gasteiger partial charge on any atom is -0.323 e. The maximum absolute atomic E-state index is 10.4. The molecule has 0 rings (SSSR count). The number of hydrogen-bond acceptors (Lipinski definition) is 2. The Balaban J connectivity index is 3.74. The highest BCUT2D eigenvalue weighted by Crippen LogP contribution is 2.38. The standard InChI is InChI=1S/C4H12NO3P/c1-3-5-4(2)9(6,7)8/h4-5H,3H2,1-2H3,(H2,6,7,8). The Morgan fingerprint density at radius 1 is 1.67 bits per heavy atom. The topological polar surface area (TPSA) is 69.6 Å². The van der Waals surface area contributed by atoms with Gasteiger partial charge in [-0.3, -0.25) is 4.57 Å². The summed E-state index contributed by atoms with van der Waals surface area (Å²) in [6.07, 6.45) is 0. The summed E-state index contributed by atoms with van der Waals surface area (Å²) >= 11 is 0. The monoisotopic (exact) mass is 153 g/mol. The summed E-state index contributed by atoms with van der Waals surface area (Å²) in [6.45, 7) is 3.84. The van der Waals surface area contributed by atoms with Crippen LogP contribution in [0.4, 0.5) is 0 Å². The van der Waals surface area contributed by atoms with E-state index in [1.165, 1.54) is 6.92 Å². The fourth-order valence-electron chi connectivity index (χ4n) is 0.414. The fourth-order valence-corrected chi connectivity index (χ4v) is 0.835. The summed E-state index contributed by atoms with van der Waals surface area (Å²) in [7, 11) is -3.88. The van der Waals surface area contributed by atoms with E-state index >= 15 is 0 Å². The average Bonchev–Trinajstić information content (AvgIpc) is 1.64. The predicted octanol–water partition coefficient (Wildman–Crippen LogP) is 0.120. The first kappa shape index (κ1) is 9.11. The van der Waals surface area contributed by atoms with Crippen molar-refractivity contribution in [3.8, 4) is 0 Å². The number of rotatable bonds is 3. The van der Waals surface area contributed by atoms with E-state index in [9.17, 15) is 4.57 Å². The molecule has 0 fully saturated rings. The van der Waals surface area contributed by atoms with Crippen LogP contribution < -0.4 is 5.32 Å². The van der Waals surface area contributed by atoms with Gasteiger partial charge in [0.15, 0.2) is 0 Å². The molecule has 9 heavy (non-hydrogen) atoms. The van der Waals surface area contributed by atoms with Crippen LogP contribution >= 0.6 is 7.60 Å². The lowest BCUT2D eigenvalue weighted by Gasteiger charge is -2.12. The van der Waals surface area contributed by atoms with Crippen molar-refractivity contribution in [3.05, 3.63) is 0 Å². The summed E-state index contributed by atoms with van der Waals surface area (Å²) in [6, 6.07) is 0. The predicted molar refractivity (Wildman–Crippen MR) is 35.2 cm³/mol. The Labute approximate surface area is 54.4 Å². The molecular weight excluding hydrogens is 141 g/mol. The highest BCUT2D eigenvalue weighted by Gasteiger charge is 2.21. The van der Waals surface area contributed by atoms with Gasteiger partial charge in [0.05, 0.1) is 0 Å². The van der Waals surface area contributed by atoms with Gasteiger partial charge in [0.25, 0.3) is 0 Å². The maximum atomic E-state index is 10.4. The van der Waals surface area contributed by atoms with E-state index < -0.39 is 13.4 Å². The van der Waals surface area contributed by atoms with Crippen molar-refractivity contribution in [1.82, 2.24) is 5.32 Å². The SMILES string of the molecule is CCNC(C)P(=O)(O)O. The fraction of sp³-hybridized carbons (Fsp3) is 1.00. The molecule has 0 bridgehead atoms. The third-order valence-electron chi connectivity index (χ3n) is 1.00. The molecule has 0 aromatic rings. The zero-order valence-electron chi connectivity index (χ0n) is 5.53. The van der Waals surface area contributed by atoms with Crippen LogP contribution in [-0.4, -0.2) is 22.1 Å². The Morgan fingerprint density at radius 3 is 2.22 bits per heavy atom. The van der Waals surface area contributed by atoms with Gasteiger partial charge in [0, 0.05) is 0 Å². The molecule has 0 amide bonds. The van der Waals surface area contributed by atoms with Crippen LogP contribution in [0.5, 0.6) is 0 Å². The van der Waals surface area contributed by atoms with Gasteiger partial charge < -0.3 is 15.1 Å². The second-order valence-corrected chi connectivity index (χ2v) is 3.78. The van der Waals surface area contributed by atoms with Crippen molar-refractivity contribution in [2.75, 3.05) is 6.54 Å². The Bertz CT molecular complexity index is 121. The quantitative estimate of drug-likeness (QED) is 0.503. The minimum atomic E-state index is -3.88. The maximum Gasteiger partial charge on any atom is 0.342 e. The highest BCUT2D eigenvalue weighted by atomic mass is 31.2. The molecule has 0 aliphatic carbocycles. The van der Waals surface area contributed by atoms with Gasteiger partial charge in [-0.25, -0.2) is 0 Å². The Kier molecular flexibility index (Phi) is 3.36. The molecule has 5 heteroatoms. The molecule has 0 heterocycles. The Morgan fingerprint density at radius 2 is 2.11 bits per heavy atom. The highest BCUT2D eigenvalue weighted by molar-refractivity contribution is 7.52. The van der Waals surface area contributed by atoms with Crippen molar-refractivity contribution in [2.45, 2.75) is 19.6 Å². The summed E-state index contributed by atoms with van der Waals surface area (Å²) in [5, 5.41) is 2.62. The van der Waals surface area contributed by atoms with Crippen LogP contribution in [0, 0.1) is 0 Å². The summed E-state index contributed by atoms with van der Waals surface area (Å²) < 4.78 is 10.4. The normalized spacial score (nSPS) is 15.6. The smallest absolute Gasteiger partial charge is 0.323 e. The second kappa shape index (κ2) is 3.32. The first-order valence-corrected chi connectivity index (χ1v) is 4.45. The molecule has 0 aromatic carbocycles. The first-order valence-electron chi connectivity index (χ1n) is 2.77. The molecule has 1 atom stereocenters. The van der Waals surface area contributed by atoms with Crippen molar-refractivity contribution >= 4 is 7.60 Å². The molecule has 0 saturated heterocycles. The molecule has 0 radical (unpaired) electrons. The first-order chi connectivity index (χ1) is 3.98. The van der Waals surface area contributed by atoms with E-state index in [-0.39, 0.29) is 0 Å². The largest absolute Gasteiger partial charge is 0.342 e. The van der Waals surface area contributed by atoms with Crippen LogP contribution in [0.25, 0.3) is 0 Å². The van der Waals surface area contributed by atoms with E-state index in [1.54, 1.807) is 6.92 Å². The molecule has 0 aromatic heterocycles. The summed E-state index contributed by atoms with van der Waals surface area (Å²) in [5.41, 5.74) is 0. The van der Waals surface area contributed by atoms with Gasteiger partial charge in [-0.1, -0.05) is 6.92 Å². The van der Waals surface area contributed by atoms with Crippen molar-refractivity contribution in [3.63, 3.8) is 0 Å². The van der Waals surface area contributed by atoms with Crippen LogP contribution in [0.3, 0.4) is 0 Å². The van der Waals surface area contributed by atoms with Gasteiger partial charge in [0.2, 0.25) is 0 Å². The number of nitrogens with one attached hydrogen (secondary N) is 1. The van der Waals surface area contributed by atoms with Crippen molar-refractivity contribution in [2.24, 2.45) is 0 Å². The van der Waals surface area contributed by atoms with Crippen molar-refractivity contribution < 1.29 is 14.4 Å². The molecule has 0 saturated carbocycles. The van der Waals surface area contributed by atoms with E-state index in [0.717, 1.165) is 0 Å². The lowest BCUT2D eigenvalue weighted by molar-refractivity contribution is 0.351. The van der Waals surface area contributed by atoms with Gasteiger partial charge in [-0.15, -0.1) is 0 Å². The molecule has 1 unspecified atom stereocenters. The molecule has 4 nitrogen and oxygen atoms in total. The lowest BCUT2D eigenvalue weighted by atomic mass is 10.7. The van der Waals surface area contributed by atoms with Gasteiger partial charge >= 0.3 is 7.60 Å². The summed E-state index contributed by atoms with van der Waals surface area (Å²) in [4.78, 5) is 16.9. The molecule has 0 aliphatic rings. The van der Waals surface area contributed by atoms with Crippen LogP contribution in [0.1, 0.15) is 13.8 Å². The molecule has 3 N–H and O–H groups in total. The van der Waals surface area contributed by atoms with Crippen LogP contribution in [0.2, 0.25) is 0 Å². The van der Waals surface area contributed by atoms with E-state index in [2.05, 4.69) is 5.32 Å². The van der Waals surface area contributed by atoms with E-state index in [1.807, 2.05) is 0 Å². The van der Waals surface area contributed by atoms with Crippen molar-refractivity contribution in [1.29, 1.82) is 0 Å². The zero-order valence-corrected chi connectivity index (χ0v) is 6.43. The third-order valence-corrected chi connectivity index (χ3v) is 2.20. The lowest BCUT2D eigenvalue weighted by Crippen LogP contribution is -2.25. The van der Waals surface area contributed by atoms with Gasteiger partial charge in [-0.05, 0) is 13.5 Å². The zero-order chi connectivity index (χ0) is 7.49. The van der Waals surface area contributed by atoms with E-state index in [4.69, 9.17) is 9.79 Å². The average molecular weight is 153 g/mol. The molecule has 0 spiro atoms. The second-order valence-electron chi connectivity index (χ2n) is 1.82. The van der Waals surface area contributed by atoms with Gasteiger partial charge in [0.1, 0.15) is 5.78 Å². The van der Waals surface area contributed by atoms with Crippen LogP contribution in [-0.2, 0) is 4.57 Å². The van der Waals surface area contributed by atoms with Crippen LogP contribution in [0.15, 0.2) is 0 Å².